The van der Waals surface area contributed by atoms with E-state index >= 15 is 8.78 Å². The van der Waals surface area contributed by atoms with Crippen LogP contribution in [0.25, 0.3) is 0 Å². The molecule has 3 heterocycles. The lowest BCUT2D eigenvalue weighted by Gasteiger charge is -2.41. The second kappa shape index (κ2) is 14.4. The third-order valence-electron chi connectivity index (χ3n) is 7.43. The van der Waals surface area contributed by atoms with Crippen LogP contribution in [0.15, 0.2) is 76.2 Å². The molecular weight excluding hydrogens is 743 g/mol. The molecule has 2 aliphatic heterocycles. The Morgan fingerprint density at radius 3 is 2.04 bits per heavy atom. The number of nitrogens with one attached hydrogen (secondary N) is 1. The summed E-state index contributed by atoms with van der Waals surface area (Å²) in [6, 6.07) is 10.3. The van der Waals surface area contributed by atoms with Crippen molar-refractivity contribution >= 4 is 49.4 Å². The minimum Gasteiger partial charge on any atom is -0.475 e. The summed E-state index contributed by atoms with van der Waals surface area (Å²) in [5.41, 5.74) is 5.62. The highest BCUT2D eigenvalue weighted by molar-refractivity contribution is 9.10. The van der Waals surface area contributed by atoms with Crippen LogP contribution in [0.1, 0.15) is 31.2 Å². The number of nitrogens with two attached hydrogens (primary N) is 1. The fourth-order valence-electron chi connectivity index (χ4n) is 5.30. The number of carbonyl (C=O) groups excluding carboxylic acids is 1. The van der Waals surface area contributed by atoms with Gasteiger partial charge in [-0.05, 0) is 68.1 Å². The maximum atomic E-state index is 16.0. The first-order valence-corrected chi connectivity index (χ1v) is 16.5. The van der Waals surface area contributed by atoms with Gasteiger partial charge in [0.05, 0.1) is 9.92 Å². The molecule has 3 atom stereocenters. The molecule has 2 aliphatic rings. The molecule has 1 amide bonds. The van der Waals surface area contributed by atoms with Crippen molar-refractivity contribution in [2.45, 2.75) is 66.8 Å². The van der Waals surface area contributed by atoms with E-state index in [4.69, 9.17) is 32.0 Å². The third-order valence-corrected chi connectivity index (χ3v) is 9.63. The molecule has 3 aromatic rings. The number of carboxylic acid groups (broad SMARTS) is 1. The number of alkyl halides is 5. The molecule has 47 heavy (non-hydrogen) atoms. The summed E-state index contributed by atoms with van der Waals surface area (Å²) < 4.78 is 98.8. The van der Waals surface area contributed by atoms with Crippen LogP contribution in [0, 0.1) is 0 Å². The summed E-state index contributed by atoms with van der Waals surface area (Å²) in [7, 11) is -4.56. The van der Waals surface area contributed by atoms with Gasteiger partial charge in [-0.15, -0.1) is 0 Å². The van der Waals surface area contributed by atoms with Gasteiger partial charge in [0.25, 0.3) is 5.92 Å². The summed E-state index contributed by atoms with van der Waals surface area (Å²) >= 11 is 9.04. The van der Waals surface area contributed by atoms with Gasteiger partial charge in [-0.1, -0.05) is 39.7 Å². The quantitative estimate of drug-likeness (QED) is 0.242. The number of sulfonamides is 1. The van der Waals surface area contributed by atoms with E-state index in [9.17, 15) is 26.4 Å². The van der Waals surface area contributed by atoms with Crippen molar-refractivity contribution in [2.75, 3.05) is 0 Å². The topological polar surface area (TPSA) is 152 Å². The number of nitrogens with zero attached hydrogens (tertiary/aromatic N) is 2. The van der Waals surface area contributed by atoms with E-state index in [1.807, 2.05) is 4.72 Å². The van der Waals surface area contributed by atoms with Crippen LogP contribution in [0.3, 0.4) is 0 Å². The Morgan fingerprint density at radius 1 is 1.00 bits per heavy atom. The summed E-state index contributed by atoms with van der Waals surface area (Å²) in [4.78, 5) is 27.8. The van der Waals surface area contributed by atoms with E-state index in [1.165, 1.54) is 53.6 Å². The first-order valence-electron chi connectivity index (χ1n) is 13.8. The summed E-state index contributed by atoms with van der Waals surface area (Å²) in [6.07, 6.45) is -1.45. The number of hydrogen-bond acceptors (Lipinski definition) is 7. The van der Waals surface area contributed by atoms with E-state index in [0.29, 0.717) is 35.2 Å². The van der Waals surface area contributed by atoms with Crippen LogP contribution in [0.5, 0.6) is 11.6 Å². The van der Waals surface area contributed by atoms with Gasteiger partial charge < -0.3 is 20.5 Å². The lowest BCUT2D eigenvalue weighted by molar-refractivity contribution is -0.192. The zero-order valence-electron chi connectivity index (χ0n) is 24.0. The number of carbonyl (C=O) groups is 2. The monoisotopic (exact) mass is 768 g/mol. The van der Waals surface area contributed by atoms with Crippen LogP contribution in [-0.4, -0.2) is 65.6 Å². The van der Waals surface area contributed by atoms with Crippen molar-refractivity contribution in [3.63, 3.8) is 0 Å². The molecule has 5 rings (SSSR count). The number of pyridine rings is 1. The van der Waals surface area contributed by atoms with Gasteiger partial charge in [0.15, 0.2) is 6.04 Å². The number of amides is 1. The van der Waals surface area contributed by atoms with Crippen molar-refractivity contribution in [2.24, 2.45) is 5.73 Å². The Kier molecular flexibility index (Phi) is 11.2. The second-order valence-corrected chi connectivity index (χ2v) is 13.8. The van der Waals surface area contributed by atoms with Gasteiger partial charge in [0.2, 0.25) is 21.8 Å². The molecule has 2 bridgehead atoms. The molecule has 2 aromatic carbocycles. The van der Waals surface area contributed by atoms with E-state index in [1.54, 1.807) is 6.07 Å². The van der Waals surface area contributed by atoms with Crippen LogP contribution < -0.4 is 15.2 Å². The van der Waals surface area contributed by atoms with E-state index in [0.717, 1.165) is 12.1 Å². The van der Waals surface area contributed by atoms with Crippen molar-refractivity contribution in [1.29, 1.82) is 0 Å². The number of piperidine rings is 1. The molecule has 254 valence electrons. The fourth-order valence-corrected chi connectivity index (χ4v) is 6.87. The number of aromatic nitrogens is 1. The van der Waals surface area contributed by atoms with Crippen molar-refractivity contribution in [1.82, 2.24) is 14.6 Å². The number of aliphatic carboxylic acids is 1. The lowest BCUT2D eigenvalue weighted by Crippen LogP contribution is -2.60. The Bertz CT molecular complexity index is 1670. The Balaban J connectivity index is 0.000000644. The van der Waals surface area contributed by atoms with Gasteiger partial charge in [-0.3, -0.25) is 4.79 Å². The number of fused-ring (bicyclic) bond motifs is 2. The highest BCUT2D eigenvalue weighted by Gasteiger charge is 2.53. The summed E-state index contributed by atoms with van der Waals surface area (Å²) in [6.45, 7) is 0. The van der Waals surface area contributed by atoms with Crippen molar-refractivity contribution in [3.05, 3.63) is 81.9 Å². The average molecular weight is 770 g/mol. The normalized spacial score (nSPS) is 20.2. The summed E-state index contributed by atoms with van der Waals surface area (Å²) in [5.74, 6) is -7.08. The first kappa shape index (κ1) is 36.5. The molecular formula is C29H27BrClF5N4O6S. The van der Waals surface area contributed by atoms with Crippen LogP contribution in [-0.2, 0) is 25.5 Å². The molecule has 3 unspecified atom stereocenters. The Labute approximate surface area is 279 Å². The number of hydrogen-bond donors (Lipinski definition) is 3. The van der Waals surface area contributed by atoms with Gasteiger partial charge in [0.1, 0.15) is 5.75 Å². The van der Waals surface area contributed by atoms with Gasteiger partial charge in [0, 0.05) is 40.4 Å². The SMILES string of the molecule is NC1CC2CCC(C1)N2C(=O)C(NS(=O)(=O)c1ccc(Oc2ccc(Cl)cn2)cc1)C(F)(F)c1ccc(Br)cc1.O=C(O)C(F)(F)F. The maximum Gasteiger partial charge on any atom is 0.490 e. The molecule has 0 saturated carbocycles. The Morgan fingerprint density at radius 2 is 1.55 bits per heavy atom. The fraction of sp³-hybridized carbons (Fsp3) is 0.345. The standard InChI is InChI=1S/C27H26BrClF2N4O4S.C2HF3O2/c28-17-3-1-16(2-4-17)27(30,31)25(26(36)35-20-6-7-21(35)14-19(32)13-20)34-40(37,38)23-10-8-22(9-11-23)39-24-12-5-18(29)15-33-24;3-2(4,5)1(6)7/h1-5,8-12,15,19-21,25,34H,6-7,13-14,32H2;(H,6,7). The zero-order valence-corrected chi connectivity index (χ0v) is 27.2. The molecule has 2 fully saturated rings. The van der Waals surface area contributed by atoms with E-state index < -0.39 is 45.6 Å². The second-order valence-electron chi connectivity index (χ2n) is 10.7. The smallest absolute Gasteiger partial charge is 0.475 e. The first-order chi connectivity index (χ1) is 21.9. The zero-order chi connectivity index (χ0) is 34.7. The number of benzene rings is 2. The predicted octanol–water partition coefficient (Wildman–Crippen LogP) is 5.84. The number of halogens is 7. The highest BCUT2D eigenvalue weighted by Crippen LogP contribution is 2.40. The average Bonchev–Trinajstić information content (AvgIpc) is 3.27. The molecule has 0 aliphatic carbocycles. The number of carboxylic acids is 1. The minimum atomic E-state index is -5.08. The van der Waals surface area contributed by atoms with Gasteiger partial charge >= 0.3 is 12.1 Å². The van der Waals surface area contributed by atoms with Crippen LogP contribution >= 0.6 is 27.5 Å². The molecule has 2 saturated heterocycles. The van der Waals surface area contributed by atoms with Gasteiger partial charge in [-0.25, -0.2) is 18.2 Å². The largest absolute Gasteiger partial charge is 0.490 e. The van der Waals surface area contributed by atoms with Crippen molar-refractivity contribution in [3.8, 4) is 11.6 Å². The van der Waals surface area contributed by atoms with E-state index in [2.05, 4.69) is 20.9 Å². The molecule has 4 N–H and O–H groups in total. The van der Waals surface area contributed by atoms with Crippen LogP contribution in [0.4, 0.5) is 22.0 Å². The van der Waals surface area contributed by atoms with Crippen LogP contribution in [0.2, 0.25) is 5.02 Å². The van der Waals surface area contributed by atoms with E-state index in [-0.39, 0.29) is 34.7 Å². The van der Waals surface area contributed by atoms with Crippen molar-refractivity contribution < 1.29 is 49.8 Å². The minimum absolute atomic E-state index is 0.132. The predicted molar refractivity (Wildman–Crippen MR) is 162 cm³/mol. The third kappa shape index (κ3) is 8.95. The molecule has 0 radical (unpaired) electrons. The lowest BCUT2D eigenvalue weighted by atomic mass is 9.95. The number of rotatable bonds is 8. The summed E-state index contributed by atoms with van der Waals surface area (Å²) in [5, 5.41) is 7.55. The molecule has 18 heteroatoms. The van der Waals surface area contributed by atoms with Gasteiger partial charge in [-0.2, -0.15) is 26.7 Å². The number of ether oxygens (including phenoxy) is 1. The molecule has 0 spiro atoms. The Hall–Kier alpha value is -3.38. The maximum absolute atomic E-state index is 16.0. The highest BCUT2D eigenvalue weighted by atomic mass is 79.9. The molecule has 1 aromatic heterocycles. The molecule has 10 nitrogen and oxygen atoms in total.